The molecule has 2 aromatic carbocycles. The monoisotopic (exact) mass is 426 g/mol. The molecule has 8 heteroatoms. The van der Waals surface area contributed by atoms with Crippen molar-refractivity contribution >= 4 is 39.2 Å². The molecule has 1 aromatic heterocycles. The minimum absolute atomic E-state index is 0.177. The first-order chi connectivity index (χ1) is 14.2. The van der Waals surface area contributed by atoms with Crippen molar-refractivity contribution in [1.82, 2.24) is 4.57 Å². The summed E-state index contributed by atoms with van der Waals surface area (Å²) in [4.78, 5) is 18.4. The summed E-state index contributed by atoms with van der Waals surface area (Å²) >= 11 is 3.02. The number of rotatable bonds is 6. The summed E-state index contributed by atoms with van der Waals surface area (Å²) in [6.45, 7) is 0.537. The van der Waals surface area contributed by atoms with E-state index in [2.05, 4.69) is 10.9 Å². The number of terminal acetylenes is 1. The van der Waals surface area contributed by atoms with E-state index in [0.717, 1.165) is 20.9 Å². The molecule has 148 valence electrons. The molecule has 0 aliphatic carbocycles. The molecular weight excluding hydrogens is 408 g/mol. The van der Waals surface area contributed by atoms with E-state index >= 15 is 0 Å². The van der Waals surface area contributed by atoms with Gasteiger partial charge in [-0.05, 0) is 24.3 Å². The standard InChI is InChI=1S/C21H18N2O4S2/c1-3-9-23-16-11-17-18(27-13-26-17)12-19(16)29-21(23)22-20(24)8-10-28-15-6-4-14(25-2)5-7-15/h1,4-7,11-12H,8-10,13H2,2H3. The molecule has 0 radical (unpaired) electrons. The van der Waals surface area contributed by atoms with Crippen LogP contribution >= 0.6 is 23.1 Å². The Morgan fingerprint density at radius 1 is 1.31 bits per heavy atom. The van der Waals surface area contributed by atoms with Gasteiger partial charge in [-0.15, -0.1) is 18.2 Å². The fraction of sp³-hybridized carbons (Fsp3) is 0.238. The van der Waals surface area contributed by atoms with Gasteiger partial charge in [0.2, 0.25) is 12.7 Å². The number of thiazole rings is 1. The summed E-state index contributed by atoms with van der Waals surface area (Å²) in [6.07, 6.45) is 5.86. The first kappa shape index (κ1) is 19.4. The SMILES string of the molecule is C#CCn1c(=NC(=O)CCSc2ccc(OC)cc2)sc2cc3c(cc21)OCO3. The molecule has 0 unspecified atom stereocenters. The molecule has 3 aromatic rings. The van der Waals surface area contributed by atoms with Gasteiger partial charge in [0, 0.05) is 29.2 Å². The number of thioether (sulfide) groups is 1. The van der Waals surface area contributed by atoms with E-state index in [1.807, 2.05) is 41.0 Å². The molecule has 1 aliphatic rings. The van der Waals surface area contributed by atoms with Crippen molar-refractivity contribution in [3.05, 3.63) is 41.2 Å². The molecule has 0 saturated heterocycles. The molecule has 2 heterocycles. The van der Waals surface area contributed by atoms with Crippen LogP contribution in [0.3, 0.4) is 0 Å². The van der Waals surface area contributed by atoms with Crippen LogP contribution in [0, 0.1) is 12.3 Å². The Kier molecular flexibility index (Phi) is 5.79. The van der Waals surface area contributed by atoms with E-state index in [9.17, 15) is 4.79 Å². The Morgan fingerprint density at radius 3 is 2.79 bits per heavy atom. The molecular formula is C21H18N2O4S2. The number of amides is 1. The Bertz CT molecular complexity index is 1160. The van der Waals surface area contributed by atoms with Crippen molar-refractivity contribution in [2.24, 2.45) is 4.99 Å². The number of nitrogens with zero attached hydrogens (tertiary/aromatic N) is 2. The van der Waals surface area contributed by atoms with Crippen molar-refractivity contribution in [3.63, 3.8) is 0 Å². The number of carbonyl (C=O) groups is 1. The molecule has 0 fully saturated rings. The van der Waals surface area contributed by atoms with E-state index in [0.29, 0.717) is 35.0 Å². The van der Waals surface area contributed by atoms with E-state index in [1.54, 1.807) is 18.9 Å². The highest BCUT2D eigenvalue weighted by molar-refractivity contribution is 7.99. The zero-order valence-electron chi connectivity index (χ0n) is 15.7. The van der Waals surface area contributed by atoms with Crippen LogP contribution in [0.25, 0.3) is 10.2 Å². The summed E-state index contributed by atoms with van der Waals surface area (Å²) in [7, 11) is 1.64. The predicted octanol–water partition coefficient (Wildman–Crippen LogP) is 3.68. The zero-order valence-corrected chi connectivity index (χ0v) is 17.3. The van der Waals surface area contributed by atoms with Crippen LogP contribution < -0.4 is 19.0 Å². The maximum absolute atomic E-state index is 12.4. The number of carbonyl (C=O) groups excluding carboxylic acids is 1. The average molecular weight is 427 g/mol. The third kappa shape index (κ3) is 4.26. The molecule has 0 atom stereocenters. The van der Waals surface area contributed by atoms with Crippen LogP contribution in [0.5, 0.6) is 17.2 Å². The third-order valence-electron chi connectivity index (χ3n) is 4.29. The topological polar surface area (TPSA) is 62.1 Å². The van der Waals surface area contributed by atoms with E-state index in [4.69, 9.17) is 20.6 Å². The number of fused-ring (bicyclic) bond motifs is 2. The Hall–Kier alpha value is -2.89. The van der Waals surface area contributed by atoms with Crippen LogP contribution in [0.1, 0.15) is 6.42 Å². The summed E-state index contributed by atoms with van der Waals surface area (Å²) in [5, 5.41) is 0. The number of hydrogen-bond donors (Lipinski definition) is 0. The molecule has 6 nitrogen and oxygen atoms in total. The normalized spacial score (nSPS) is 12.9. The van der Waals surface area contributed by atoms with Crippen LogP contribution in [-0.2, 0) is 11.3 Å². The fourth-order valence-corrected chi connectivity index (χ4v) is 4.78. The highest BCUT2D eigenvalue weighted by Crippen LogP contribution is 2.36. The van der Waals surface area contributed by atoms with Crippen molar-refractivity contribution in [2.75, 3.05) is 19.7 Å². The van der Waals surface area contributed by atoms with Crippen LogP contribution in [-0.4, -0.2) is 30.1 Å². The predicted molar refractivity (Wildman–Crippen MR) is 114 cm³/mol. The Balaban J connectivity index is 1.51. The lowest BCUT2D eigenvalue weighted by Gasteiger charge is -2.02. The van der Waals surface area contributed by atoms with Crippen LogP contribution in [0.4, 0.5) is 0 Å². The summed E-state index contributed by atoms with van der Waals surface area (Å²) < 4.78 is 18.8. The maximum atomic E-state index is 12.4. The van der Waals surface area contributed by atoms with Crippen LogP contribution in [0.15, 0.2) is 46.3 Å². The van der Waals surface area contributed by atoms with E-state index < -0.39 is 0 Å². The lowest BCUT2D eigenvalue weighted by Crippen LogP contribution is -2.16. The number of ether oxygens (including phenoxy) is 3. The van der Waals surface area contributed by atoms with Gasteiger partial charge in [0.15, 0.2) is 16.3 Å². The quantitative estimate of drug-likeness (QED) is 0.444. The van der Waals surface area contributed by atoms with Crippen molar-refractivity contribution < 1.29 is 19.0 Å². The van der Waals surface area contributed by atoms with E-state index in [-0.39, 0.29) is 12.7 Å². The number of benzene rings is 2. The second kappa shape index (κ2) is 8.64. The molecule has 0 N–H and O–H groups in total. The van der Waals surface area contributed by atoms with Crippen molar-refractivity contribution in [2.45, 2.75) is 17.9 Å². The molecule has 0 spiro atoms. The van der Waals surface area contributed by atoms with Gasteiger partial charge in [0.25, 0.3) is 0 Å². The smallest absolute Gasteiger partial charge is 0.249 e. The number of methoxy groups -OCH3 is 1. The van der Waals surface area contributed by atoms with Crippen LogP contribution in [0.2, 0.25) is 0 Å². The lowest BCUT2D eigenvalue weighted by molar-refractivity contribution is -0.117. The Morgan fingerprint density at radius 2 is 2.07 bits per heavy atom. The van der Waals surface area contributed by atoms with Gasteiger partial charge in [-0.25, -0.2) is 0 Å². The van der Waals surface area contributed by atoms with Gasteiger partial charge in [-0.3, -0.25) is 4.79 Å². The average Bonchev–Trinajstić information content (AvgIpc) is 3.31. The highest BCUT2D eigenvalue weighted by atomic mass is 32.2. The maximum Gasteiger partial charge on any atom is 0.249 e. The molecule has 0 bridgehead atoms. The van der Waals surface area contributed by atoms with Gasteiger partial charge in [-0.1, -0.05) is 17.3 Å². The molecule has 29 heavy (non-hydrogen) atoms. The first-order valence-corrected chi connectivity index (χ1v) is 10.7. The first-order valence-electron chi connectivity index (χ1n) is 8.89. The Labute approximate surface area is 176 Å². The van der Waals surface area contributed by atoms with Gasteiger partial charge >= 0.3 is 0 Å². The van der Waals surface area contributed by atoms with Crippen molar-refractivity contribution in [1.29, 1.82) is 0 Å². The molecule has 0 saturated carbocycles. The zero-order chi connectivity index (χ0) is 20.2. The minimum atomic E-state index is -0.177. The third-order valence-corrected chi connectivity index (χ3v) is 6.35. The summed E-state index contributed by atoms with van der Waals surface area (Å²) in [6, 6.07) is 11.5. The largest absolute Gasteiger partial charge is 0.497 e. The highest BCUT2D eigenvalue weighted by Gasteiger charge is 2.17. The van der Waals surface area contributed by atoms with Gasteiger partial charge in [0.1, 0.15) is 5.75 Å². The second-order valence-electron chi connectivity index (χ2n) is 6.13. The van der Waals surface area contributed by atoms with E-state index in [1.165, 1.54) is 11.3 Å². The number of aromatic nitrogens is 1. The number of hydrogen-bond acceptors (Lipinski definition) is 6. The lowest BCUT2D eigenvalue weighted by atomic mass is 10.3. The van der Waals surface area contributed by atoms with Gasteiger partial charge < -0.3 is 18.8 Å². The summed E-state index contributed by atoms with van der Waals surface area (Å²) in [5.74, 6) is 5.28. The van der Waals surface area contributed by atoms with Crippen molar-refractivity contribution in [3.8, 4) is 29.6 Å². The van der Waals surface area contributed by atoms with Gasteiger partial charge in [-0.2, -0.15) is 4.99 Å². The fourth-order valence-electron chi connectivity index (χ4n) is 2.88. The molecule has 1 amide bonds. The summed E-state index contributed by atoms with van der Waals surface area (Å²) in [5.41, 5.74) is 0.886. The van der Waals surface area contributed by atoms with Gasteiger partial charge in [0.05, 0.1) is 23.9 Å². The minimum Gasteiger partial charge on any atom is -0.497 e. The molecule has 4 rings (SSSR count). The second-order valence-corrected chi connectivity index (χ2v) is 8.31. The molecule has 1 aliphatic heterocycles.